The first-order chi connectivity index (χ1) is 4.91. The van der Waals surface area contributed by atoms with Crippen LogP contribution in [0.25, 0.3) is 0 Å². The normalized spacial score (nSPS) is 8.82. The molecule has 11 heavy (non-hydrogen) atoms. The summed E-state index contributed by atoms with van der Waals surface area (Å²) in [4.78, 5) is 0. The van der Waals surface area contributed by atoms with Crippen LogP contribution >= 0.6 is 0 Å². The molecule has 0 saturated heterocycles. The first-order valence-electron chi connectivity index (χ1n) is 4.32. The minimum atomic E-state index is 0. The van der Waals surface area contributed by atoms with Crippen LogP contribution in [-0.2, 0) is 0 Å². The Morgan fingerprint density at radius 3 is 2.00 bits per heavy atom. The van der Waals surface area contributed by atoms with Gasteiger partial charge >= 0.3 is 0 Å². The summed E-state index contributed by atoms with van der Waals surface area (Å²) in [5.41, 5.74) is 0. The minimum absolute atomic E-state index is 0. The molecule has 1 heteroatoms. The van der Waals surface area contributed by atoms with Crippen molar-refractivity contribution < 1.29 is 0 Å². The van der Waals surface area contributed by atoms with Crippen molar-refractivity contribution in [2.24, 2.45) is 0 Å². The smallest absolute Gasteiger partial charge is 0.103 e. The average molecular weight is 169 g/mol. The van der Waals surface area contributed by atoms with Gasteiger partial charge in [0, 0.05) is 0 Å². The molecule has 0 amide bonds. The van der Waals surface area contributed by atoms with Gasteiger partial charge in [-0.1, -0.05) is 45.1 Å². The van der Waals surface area contributed by atoms with Gasteiger partial charge in [-0.15, -0.1) is 6.58 Å². The third-order valence-electron chi connectivity index (χ3n) is 1.66. The molecule has 0 aromatic rings. The second-order valence-corrected chi connectivity index (χ2v) is 2.70. The maximum atomic E-state index is 3.80. The highest BCUT2D eigenvalue weighted by Crippen LogP contribution is 2.06. The van der Waals surface area contributed by atoms with E-state index in [1.807, 2.05) is 6.08 Å². The predicted octanol–water partition coefficient (Wildman–Crippen LogP) is 2.55. The molecular formula is C10H22Al. The van der Waals surface area contributed by atoms with Crippen molar-refractivity contribution in [1.29, 1.82) is 0 Å². The fourth-order valence-electron chi connectivity index (χ4n) is 0.996. The third-order valence-corrected chi connectivity index (χ3v) is 1.66. The molecule has 0 atom stereocenters. The monoisotopic (exact) mass is 169 g/mol. The van der Waals surface area contributed by atoms with Gasteiger partial charge in [-0.05, 0) is 12.8 Å². The highest BCUT2D eigenvalue weighted by Gasteiger charge is 1.86. The van der Waals surface area contributed by atoms with Gasteiger partial charge in [0.25, 0.3) is 0 Å². The molecule has 0 rings (SSSR count). The summed E-state index contributed by atoms with van der Waals surface area (Å²) in [6.07, 6.45) is 11.0. The Morgan fingerprint density at radius 1 is 0.909 bits per heavy atom. The summed E-state index contributed by atoms with van der Waals surface area (Å²) >= 11 is 0. The topological polar surface area (TPSA) is 0 Å². The van der Waals surface area contributed by atoms with Crippen LogP contribution in [0.5, 0.6) is 0 Å². The Kier molecular flexibility index (Phi) is 16.2. The number of unbranched alkanes of at least 4 members (excludes halogenated alkanes) is 6. The minimum Gasteiger partial charge on any atom is -0.103 e. The van der Waals surface area contributed by atoms with Crippen LogP contribution < -0.4 is 0 Å². The van der Waals surface area contributed by atoms with Crippen LogP contribution in [-0.4, -0.2) is 17.4 Å². The largest absolute Gasteiger partial charge is 0.187 e. The van der Waals surface area contributed by atoms with Gasteiger partial charge in [-0.2, -0.15) is 0 Å². The molecule has 65 valence electrons. The van der Waals surface area contributed by atoms with E-state index < -0.39 is 0 Å². The third kappa shape index (κ3) is 13.3. The van der Waals surface area contributed by atoms with E-state index in [1.165, 1.54) is 38.5 Å². The van der Waals surface area contributed by atoms with Crippen molar-refractivity contribution >= 4 is 17.4 Å². The quantitative estimate of drug-likeness (QED) is 0.312. The Hall–Kier alpha value is 0.272. The van der Waals surface area contributed by atoms with Crippen LogP contribution in [0, 0.1) is 6.92 Å². The number of hydrogen-bond acceptors (Lipinski definition) is 0. The van der Waals surface area contributed by atoms with E-state index in [2.05, 4.69) is 13.5 Å². The summed E-state index contributed by atoms with van der Waals surface area (Å²) in [6, 6.07) is 0. The number of hydrogen-bond donors (Lipinski definition) is 0. The van der Waals surface area contributed by atoms with Crippen molar-refractivity contribution in [1.82, 2.24) is 0 Å². The Labute approximate surface area is 82.2 Å². The van der Waals surface area contributed by atoms with Crippen molar-refractivity contribution in [3.63, 3.8) is 0 Å². The fraction of sp³-hybridized carbons (Fsp3) is 0.700. The molecule has 0 aromatic carbocycles. The maximum Gasteiger partial charge on any atom is 0.187 e. The highest BCUT2D eigenvalue weighted by atomic mass is 27.0. The van der Waals surface area contributed by atoms with Gasteiger partial charge in [-0.3, -0.25) is 0 Å². The van der Waals surface area contributed by atoms with E-state index >= 15 is 0 Å². The number of rotatable bonds is 7. The molecule has 0 fully saturated rings. The molecule has 0 aliphatic carbocycles. The van der Waals surface area contributed by atoms with Crippen LogP contribution in [0.2, 0.25) is 0 Å². The standard InChI is InChI=1S/C10H19.Al.3H/c1-3-5-7-9-10-8-6-4-2;;;;/h3H,1-2,4-10H2;;;;. The molecule has 0 aliphatic heterocycles. The zero-order valence-corrected chi connectivity index (χ0v) is 6.94. The van der Waals surface area contributed by atoms with E-state index in [0.29, 0.717) is 0 Å². The van der Waals surface area contributed by atoms with Crippen molar-refractivity contribution in [3.8, 4) is 0 Å². The predicted molar refractivity (Wildman–Crippen MR) is 57.8 cm³/mol. The average Bonchev–Trinajstić information content (AvgIpc) is 1.97. The zero-order chi connectivity index (χ0) is 7.66. The second kappa shape index (κ2) is 12.9. The SMILES string of the molecule is [AlH3].[CH2]CCCCCCCC=C. The molecule has 0 N–H and O–H groups in total. The molecule has 0 aliphatic rings. The lowest BCUT2D eigenvalue weighted by atomic mass is 10.1. The van der Waals surface area contributed by atoms with Crippen molar-refractivity contribution in [3.05, 3.63) is 19.6 Å². The van der Waals surface area contributed by atoms with Gasteiger partial charge in [0.15, 0.2) is 17.4 Å². The van der Waals surface area contributed by atoms with Crippen LogP contribution in [0.1, 0.15) is 44.9 Å². The van der Waals surface area contributed by atoms with E-state index in [9.17, 15) is 0 Å². The van der Waals surface area contributed by atoms with E-state index in [1.54, 1.807) is 0 Å². The second-order valence-electron chi connectivity index (χ2n) is 2.70. The molecule has 1 radical (unpaired) electrons. The van der Waals surface area contributed by atoms with Crippen molar-refractivity contribution in [2.75, 3.05) is 0 Å². The first kappa shape index (κ1) is 13.8. The molecule has 0 aromatic heterocycles. The van der Waals surface area contributed by atoms with Gasteiger partial charge in [-0.25, -0.2) is 0 Å². The van der Waals surface area contributed by atoms with Gasteiger partial charge in [0.2, 0.25) is 0 Å². The van der Waals surface area contributed by atoms with Crippen LogP contribution in [0.3, 0.4) is 0 Å². The van der Waals surface area contributed by atoms with Gasteiger partial charge < -0.3 is 0 Å². The molecule has 0 nitrogen and oxygen atoms in total. The molecule has 0 saturated carbocycles. The summed E-state index contributed by atoms with van der Waals surface area (Å²) in [5.74, 6) is 0. The number of allylic oxidation sites excluding steroid dienone is 1. The van der Waals surface area contributed by atoms with Crippen LogP contribution in [0.4, 0.5) is 0 Å². The fourth-order valence-corrected chi connectivity index (χ4v) is 0.996. The summed E-state index contributed by atoms with van der Waals surface area (Å²) in [7, 11) is 0. The van der Waals surface area contributed by atoms with E-state index in [-0.39, 0.29) is 17.4 Å². The molecule has 0 spiro atoms. The molecule has 0 bridgehead atoms. The molecular weight excluding hydrogens is 147 g/mol. The van der Waals surface area contributed by atoms with Gasteiger partial charge in [0.05, 0.1) is 0 Å². The molecule has 0 unspecified atom stereocenters. The zero-order valence-electron chi connectivity index (χ0n) is 6.94. The van der Waals surface area contributed by atoms with Gasteiger partial charge in [0.1, 0.15) is 0 Å². The Morgan fingerprint density at radius 2 is 1.45 bits per heavy atom. The Balaban J connectivity index is 0. The van der Waals surface area contributed by atoms with Crippen LogP contribution in [0.15, 0.2) is 12.7 Å². The lowest BCUT2D eigenvalue weighted by Gasteiger charge is -1.96. The lowest BCUT2D eigenvalue weighted by molar-refractivity contribution is 0.621. The van der Waals surface area contributed by atoms with E-state index in [4.69, 9.17) is 0 Å². The van der Waals surface area contributed by atoms with E-state index in [0.717, 1.165) is 6.42 Å². The lowest BCUT2D eigenvalue weighted by Crippen LogP contribution is -1.76. The summed E-state index contributed by atoms with van der Waals surface area (Å²) in [5, 5.41) is 0. The first-order valence-corrected chi connectivity index (χ1v) is 4.32. The summed E-state index contributed by atoms with van der Waals surface area (Å²) < 4.78 is 0. The Bertz CT molecular complexity index is 69.3. The maximum absolute atomic E-state index is 3.80. The molecule has 0 heterocycles. The summed E-state index contributed by atoms with van der Waals surface area (Å²) in [6.45, 7) is 7.49. The van der Waals surface area contributed by atoms with Crippen molar-refractivity contribution in [2.45, 2.75) is 44.9 Å². The highest BCUT2D eigenvalue weighted by molar-refractivity contribution is 5.75.